The average Bonchev–Trinajstić information content (AvgIpc) is 2.85. The van der Waals surface area contributed by atoms with Gasteiger partial charge in [0.1, 0.15) is 0 Å². The summed E-state index contributed by atoms with van der Waals surface area (Å²) in [4.78, 5) is 6.53. The Morgan fingerprint density at radius 2 is 2.47 bits per heavy atom. The maximum Gasteiger partial charge on any atom is 0.0634 e. The number of pyridine rings is 1. The van der Waals surface area contributed by atoms with Gasteiger partial charge < -0.3 is 10.1 Å². The van der Waals surface area contributed by atoms with E-state index in [4.69, 9.17) is 16.3 Å². The van der Waals surface area contributed by atoms with Crippen LogP contribution < -0.4 is 5.32 Å². The number of hydrogen-bond donors (Lipinski definition) is 1. The van der Waals surface area contributed by atoms with E-state index in [0.29, 0.717) is 6.04 Å². The molecular formula is C14H22ClN3O. The summed E-state index contributed by atoms with van der Waals surface area (Å²) >= 11 is 6.17. The first kappa shape index (κ1) is 14.7. The fourth-order valence-electron chi connectivity index (χ4n) is 2.53. The first-order chi connectivity index (χ1) is 9.31. The van der Waals surface area contributed by atoms with E-state index in [1.54, 1.807) is 13.3 Å². The number of nitrogens with zero attached hydrogens (tertiary/aromatic N) is 2. The fraction of sp³-hybridized carbons (Fsp3) is 0.643. The molecule has 1 fully saturated rings. The maximum absolute atomic E-state index is 6.17. The molecule has 0 bridgehead atoms. The lowest BCUT2D eigenvalue weighted by Crippen LogP contribution is -2.38. The Bertz CT molecular complexity index is 389. The van der Waals surface area contributed by atoms with Gasteiger partial charge in [-0.15, -0.1) is 0 Å². The zero-order valence-corrected chi connectivity index (χ0v) is 12.2. The second kappa shape index (κ2) is 7.80. The topological polar surface area (TPSA) is 37.4 Å². The van der Waals surface area contributed by atoms with Crippen molar-refractivity contribution < 1.29 is 4.74 Å². The van der Waals surface area contributed by atoms with Crippen LogP contribution in [0.1, 0.15) is 18.4 Å². The summed E-state index contributed by atoms with van der Waals surface area (Å²) in [7, 11) is 1.73. The van der Waals surface area contributed by atoms with Gasteiger partial charge in [-0.05, 0) is 31.0 Å². The Hall–Kier alpha value is -0.680. The van der Waals surface area contributed by atoms with Crippen LogP contribution in [-0.2, 0) is 11.3 Å². The Balaban J connectivity index is 1.83. The number of methoxy groups -OCH3 is 1. The highest BCUT2D eigenvalue weighted by molar-refractivity contribution is 6.31. The lowest BCUT2D eigenvalue weighted by atomic mass is 10.2. The van der Waals surface area contributed by atoms with Gasteiger partial charge in [-0.3, -0.25) is 9.88 Å². The van der Waals surface area contributed by atoms with Crippen molar-refractivity contribution in [1.82, 2.24) is 15.2 Å². The van der Waals surface area contributed by atoms with Gasteiger partial charge in [-0.2, -0.15) is 0 Å². The molecule has 0 spiro atoms. The van der Waals surface area contributed by atoms with Crippen LogP contribution >= 0.6 is 11.6 Å². The van der Waals surface area contributed by atoms with Gasteiger partial charge in [0.25, 0.3) is 0 Å². The Labute approximate surface area is 120 Å². The smallest absolute Gasteiger partial charge is 0.0634 e. The molecule has 1 aliphatic heterocycles. The second-order valence-corrected chi connectivity index (χ2v) is 5.34. The zero-order valence-electron chi connectivity index (χ0n) is 11.4. The third-order valence-electron chi connectivity index (χ3n) is 3.59. The van der Waals surface area contributed by atoms with E-state index in [2.05, 4.69) is 15.2 Å². The summed E-state index contributed by atoms with van der Waals surface area (Å²) in [5.41, 5.74) is 1.17. The highest BCUT2D eigenvalue weighted by atomic mass is 35.5. The molecule has 1 saturated heterocycles. The molecule has 1 atom stereocenters. The molecular weight excluding hydrogens is 262 g/mol. The predicted octanol–water partition coefficient (Wildman–Crippen LogP) is 1.94. The minimum atomic E-state index is 0.598. The highest BCUT2D eigenvalue weighted by Gasteiger charge is 2.24. The highest BCUT2D eigenvalue weighted by Crippen LogP contribution is 2.22. The molecule has 0 radical (unpaired) electrons. The molecule has 1 N–H and O–H groups in total. The van der Waals surface area contributed by atoms with Gasteiger partial charge in [-0.25, -0.2) is 0 Å². The van der Waals surface area contributed by atoms with Crippen molar-refractivity contribution in [3.8, 4) is 0 Å². The third-order valence-corrected chi connectivity index (χ3v) is 3.93. The molecule has 0 amide bonds. The molecule has 2 rings (SSSR count). The van der Waals surface area contributed by atoms with Crippen molar-refractivity contribution in [3.05, 3.63) is 29.0 Å². The lowest BCUT2D eigenvalue weighted by molar-refractivity contribution is 0.191. The largest absolute Gasteiger partial charge is 0.383 e. The summed E-state index contributed by atoms with van der Waals surface area (Å²) in [6.07, 6.45) is 6.05. The predicted molar refractivity (Wildman–Crippen MR) is 77.4 cm³/mol. The van der Waals surface area contributed by atoms with Gasteiger partial charge in [0.15, 0.2) is 0 Å². The normalized spacial score (nSPS) is 20.0. The van der Waals surface area contributed by atoms with Crippen LogP contribution in [-0.4, -0.2) is 49.3 Å². The van der Waals surface area contributed by atoms with Crippen LogP contribution in [0.4, 0.5) is 0 Å². The van der Waals surface area contributed by atoms with Crippen molar-refractivity contribution in [2.24, 2.45) is 0 Å². The second-order valence-electron chi connectivity index (χ2n) is 4.93. The molecule has 0 aromatic carbocycles. The number of halogens is 1. The number of ether oxygens (including phenoxy) is 1. The maximum atomic E-state index is 6.17. The van der Waals surface area contributed by atoms with Crippen LogP contribution in [0.2, 0.25) is 5.02 Å². The van der Waals surface area contributed by atoms with Gasteiger partial charge in [0.2, 0.25) is 0 Å². The lowest BCUT2D eigenvalue weighted by Gasteiger charge is -2.25. The van der Waals surface area contributed by atoms with E-state index < -0.39 is 0 Å². The van der Waals surface area contributed by atoms with Gasteiger partial charge in [0.05, 0.1) is 11.6 Å². The summed E-state index contributed by atoms with van der Waals surface area (Å²) in [6, 6.07) is 2.61. The summed E-state index contributed by atoms with van der Waals surface area (Å²) in [5, 5.41) is 4.21. The molecule has 0 aliphatic carbocycles. The van der Waals surface area contributed by atoms with Crippen molar-refractivity contribution >= 4 is 11.6 Å². The van der Waals surface area contributed by atoms with E-state index in [0.717, 1.165) is 37.8 Å². The molecule has 19 heavy (non-hydrogen) atoms. The standard InChI is InChI=1S/C14H22ClN3O/c1-19-8-6-17-9-13-3-2-7-18(13)11-12-4-5-16-10-14(12)15/h4-5,10,13,17H,2-3,6-9,11H2,1H3. The van der Waals surface area contributed by atoms with Crippen molar-refractivity contribution in [2.45, 2.75) is 25.4 Å². The number of rotatable bonds is 7. The van der Waals surface area contributed by atoms with Gasteiger partial charge in [-0.1, -0.05) is 11.6 Å². The quantitative estimate of drug-likeness (QED) is 0.776. The molecule has 1 aromatic rings. The summed E-state index contributed by atoms with van der Waals surface area (Å²) in [5.74, 6) is 0. The molecule has 106 valence electrons. The summed E-state index contributed by atoms with van der Waals surface area (Å²) < 4.78 is 5.04. The number of nitrogens with one attached hydrogen (secondary N) is 1. The van der Waals surface area contributed by atoms with E-state index >= 15 is 0 Å². The minimum absolute atomic E-state index is 0.598. The molecule has 4 nitrogen and oxygen atoms in total. The number of aromatic nitrogens is 1. The van der Waals surface area contributed by atoms with Crippen LogP contribution in [0.5, 0.6) is 0 Å². The van der Waals surface area contributed by atoms with Crippen LogP contribution in [0, 0.1) is 0 Å². The van der Waals surface area contributed by atoms with Crippen LogP contribution in [0.15, 0.2) is 18.5 Å². The van der Waals surface area contributed by atoms with E-state index in [-0.39, 0.29) is 0 Å². The first-order valence-corrected chi connectivity index (χ1v) is 7.21. The first-order valence-electron chi connectivity index (χ1n) is 6.83. The molecule has 2 heterocycles. The number of likely N-dealkylation sites (tertiary alicyclic amines) is 1. The average molecular weight is 284 g/mol. The Morgan fingerprint density at radius 1 is 1.58 bits per heavy atom. The molecule has 1 unspecified atom stereocenters. The monoisotopic (exact) mass is 283 g/mol. The van der Waals surface area contributed by atoms with E-state index in [1.807, 2.05) is 12.3 Å². The Kier molecular flexibility index (Phi) is 6.04. The van der Waals surface area contributed by atoms with E-state index in [1.165, 1.54) is 18.4 Å². The molecule has 1 aromatic heterocycles. The van der Waals surface area contributed by atoms with Gasteiger partial charge in [0, 0.05) is 45.2 Å². The minimum Gasteiger partial charge on any atom is -0.383 e. The third kappa shape index (κ3) is 4.42. The molecule has 5 heteroatoms. The van der Waals surface area contributed by atoms with Crippen molar-refractivity contribution in [3.63, 3.8) is 0 Å². The van der Waals surface area contributed by atoms with Crippen LogP contribution in [0.25, 0.3) is 0 Å². The van der Waals surface area contributed by atoms with E-state index in [9.17, 15) is 0 Å². The van der Waals surface area contributed by atoms with Crippen molar-refractivity contribution in [1.29, 1.82) is 0 Å². The fourth-order valence-corrected chi connectivity index (χ4v) is 2.71. The SMILES string of the molecule is COCCNCC1CCCN1Cc1ccncc1Cl. The molecule has 0 saturated carbocycles. The van der Waals surface area contributed by atoms with Crippen molar-refractivity contribution in [2.75, 3.05) is 33.4 Å². The van der Waals surface area contributed by atoms with Crippen LogP contribution in [0.3, 0.4) is 0 Å². The summed E-state index contributed by atoms with van der Waals surface area (Å²) in [6.45, 7) is 4.76. The number of hydrogen-bond acceptors (Lipinski definition) is 4. The molecule has 1 aliphatic rings. The zero-order chi connectivity index (χ0) is 13.5. The Morgan fingerprint density at radius 3 is 3.26 bits per heavy atom. The van der Waals surface area contributed by atoms with Gasteiger partial charge >= 0.3 is 0 Å².